The molecular weight excluding hydrogens is 326 g/mol. The number of piperazine rings is 1. The fourth-order valence-corrected chi connectivity index (χ4v) is 3.69. The molecule has 0 spiro atoms. The van der Waals surface area contributed by atoms with Gasteiger partial charge in [-0.15, -0.1) is 0 Å². The molecule has 0 unspecified atom stereocenters. The molecular formula is C21H23N3O2. The molecule has 0 aromatic heterocycles. The first-order valence-electron chi connectivity index (χ1n) is 9.07. The number of aryl methyl sites for hydroxylation is 1. The first-order chi connectivity index (χ1) is 12.6. The highest BCUT2D eigenvalue weighted by atomic mass is 16.2. The van der Waals surface area contributed by atoms with E-state index in [1.165, 1.54) is 5.56 Å². The molecule has 4 rings (SSSR count). The molecule has 2 aliphatic heterocycles. The van der Waals surface area contributed by atoms with Crippen LogP contribution in [-0.4, -0.2) is 54.3 Å². The molecule has 1 saturated heterocycles. The van der Waals surface area contributed by atoms with E-state index < -0.39 is 5.91 Å². The molecule has 0 saturated carbocycles. The minimum absolute atomic E-state index is 0.383. The topological polar surface area (TPSA) is 43.9 Å². The summed E-state index contributed by atoms with van der Waals surface area (Å²) in [5, 5.41) is 0. The van der Waals surface area contributed by atoms with Crippen LogP contribution in [0, 0.1) is 6.92 Å². The van der Waals surface area contributed by atoms with E-state index >= 15 is 0 Å². The Hall–Kier alpha value is -2.50. The van der Waals surface area contributed by atoms with Crippen molar-refractivity contribution in [3.05, 3.63) is 65.2 Å². The quantitative estimate of drug-likeness (QED) is 0.795. The smallest absolute Gasteiger partial charge is 0.297 e. The summed E-state index contributed by atoms with van der Waals surface area (Å²) in [7, 11) is 0. The third-order valence-corrected chi connectivity index (χ3v) is 5.18. The van der Waals surface area contributed by atoms with Gasteiger partial charge in [-0.3, -0.25) is 24.3 Å². The number of rotatable bonds is 4. The number of fused-ring (bicyclic) bond motifs is 1. The summed E-state index contributed by atoms with van der Waals surface area (Å²) in [5.74, 6) is -0.788. The lowest BCUT2D eigenvalue weighted by molar-refractivity contribution is -0.114. The fourth-order valence-electron chi connectivity index (χ4n) is 3.69. The van der Waals surface area contributed by atoms with Crippen LogP contribution in [0.1, 0.15) is 21.5 Å². The molecule has 2 heterocycles. The maximum absolute atomic E-state index is 12.4. The van der Waals surface area contributed by atoms with Crippen molar-refractivity contribution in [3.8, 4) is 0 Å². The number of benzene rings is 2. The van der Waals surface area contributed by atoms with E-state index in [1.807, 2.05) is 31.2 Å². The average Bonchev–Trinajstić information content (AvgIpc) is 2.89. The van der Waals surface area contributed by atoms with Gasteiger partial charge >= 0.3 is 5.91 Å². The van der Waals surface area contributed by atoms with Crippen LogP contribution >= 0.6 is 0 Å². The monoisotopic (exact) mass is 349 g/mol. The number of carbonyl (C=O) groups is 2. The van der Waals surface area contributed by atoms with Crippen molar-refractivity contribution in [1.29, 1.82) is 0 Å². The highest BCUT2D eigenvalue weighted by Crippen LogP contribution is 2.30. The van der Waals surface area contributed by atoms with Crippen LogP contribution in [0.2, 0.25) is 0 Å². The third-order valence-electron chi connectivity index (χ3n) is 5.18. The lowest BCUT2D eigenvalue weighted by atomic mass is 10.1. The fraction of sp³-hybridized carbons (Fsp3) is 0.333. The maximum atomic E-state index is 12.4. The van der Waals surface area contributed by atoms with Crippen molar-refractivity contribution >= 4 is 17.4 Å². The van der Waals surface area contributed by atoms with Crippen molar-refractivity contribution in [3.63, 3.8) is 0 Å². The zero-order chi connectivity index (χ0) is 18.1. The van der Waals surface area contributed by atoms with Crippen molar-refractivity contribution in [2.24, 2.45) is 0 Å². The Bertz CT molecular complexity index is 826. The Kier molecular flexibility index (Phi) is 4.57. The Morgan fingerprint density at radius 1 is 0.885 bits per heavy atom. The van der Waals surface area contributed by atoms with Gasteiger partial charge in [-0.1, -0.05) is 42.0 Å². The first kappa shape index (κ1) is 16.9. The number of amides is 1. The number of carbonyl (C=O) groups excluding carboxylic acids is 2. The van der Waals surface area contributed by atoms with Gasteiger partial charge in [0.05, 0.1) is 17.9 Å². The minimum Gasteiger partial charge on any atom is -0.297 e. The van der Waals surface area contributed by atoms with E-state index in [-0.39, 0.29) is 5.78 Å². The van der Waals surface area contributed by atoms with E-state index in [2.05, 4.69) is 34.1 Å². The Morgan fingerprint density at radius 2 is 1.58 bits per heavy atom. The standard InChI is InChI=1S/C21H23N3O2/c1-16-7-8-19-18(13-16)20(25)21(26)24(19)15-23-11-9-22(10-12-23)14-17-5-3-2-4-6-17/h2-8,13H,9-12,14-15H2,1H3. The van der Waals surface area contributed by atoms with Gasteiger partial charge in [-0.2, -0.15) is 0 Å². The van der Waals surface area contributed by atoms with E-state index in [0.29, 0.717) is 12.2 Å². The summed E-state index contributed by atoms with van der Waals surface area (Å²) in [4.78, 5) is 30.9. The van der Waals surface area contributed by atoms with Crippen LogP contribution in [0.15, 0.2) is 48.5 Å². The Labute approximate surface area is 153 Å². The predicted molar refractivity (Wildman–Crippen MR) is 101 cm³/mol. The summed E-state index contributed by atoms with van der Waals surface area (Å²) >= 11 is 0. The number of ketones is 1. The lowest BCUT2D eigenvalue weighted by Crippen LogP contribution is -2.50. The second kappa shape index (κ2) is 7.02. The molecule has 5 nitrogen and oxygen atoms in total. The van der Waals surface area contributed by atoms with E-state index in [1.54, 1.807) is 4.90 Å². The minimum atomic E-state index is -0.405. The van der Waals surface area contributed by atoms with Crippen LogP contribution in [0.3, 0.4) is 0 Å². The second-order valence-electron chi connectivity index (χ2n) is 7.10. The summed E-state index contributed by atoms with van der Waals surface area (Å²) < 4.78 is 0. The summed E-state index contributed by atoms with van der Waals surface area (Å²) in [6, 6.07) is 16.1. The molecule has 0 atom stereocenters. The van der Waals surface area contributed by atoms with E-state index in [9.17, 15) is 9.59 Å². The molecule has 1 amide bonds. The van der Waals surface area contributed by atoms with Crippen molar-refractivity contribution < 1.29 is 9.59 Å². The normalized spacial score (nSPS) is 18.4. The number of anilines is 1. The number of Topliss-reactive ketones (excluding diaryl/α,β-unsaturated/α-hetero) is 1. The van der Waals surface area contributed by atoms with Gasteiger partial charge in [0.2, 0.25) is 0 Å². The predicted octanol–water partition coefficient (Wildman–Crippen LogP) is 2.30. The molecule has 5 heteroatoms. The van der Waals surface area contributed by atoms with Crippen LogP contribution in [0.4, 0.5) is 5.69 Å². The van der Waals surface area contributed by atoms with Gasteiger partial charge in [-0.25, -0.2) is 0 Å². The molecule has 0 radical (unpaired) electrons. The largest absolute Gasteiger partial charge is 0.300 e. The molecule has 0 N–H and O–H groups in total. The van der Waals surface area contributed by atoms with Crippen molar-refractivity contribution in [2.45, 2.75) is 13.5 Å². The Balaban J connectivity index is 1.38. The summed E-state index contributed by atoms with van der Waals surface area (Å²) in [6.07, 6.45) is 0. The molecule has 1 fully saturated rings. The molecule has 26 heavy (non-hydrogen) atoms. The van der Waals surface area contributed by atoms with Crippen molar-refractivity contribution in [2.75, 3.05) is 37.7 Å². The van der Waals surface area contributed by atoms with Crippen LogP contribution in [0.5, 0.6) is 0 Å². The number of hydrogen-bond acceptors (Lipinski definition) is 4. The van der Waals surface area contributed by atoms with Gasteiger partial charge in [0, 0.05) is 32.7 Å². The first-order valence-corrected chi connectivity index (χ1v) is 9.07. The third kappa shape index (κ3) is 3.28. The number of hydrogen-bond donors (Lipinski definition) is 0. The average molecular weight is 349 g/mol. The maximum Gasteiger partial charge on any atom is 0.300 e. The van der Waals surface area contributed by atoms with Crippen LogP contribution in [-0.2, 0) is 11.3 Å². The second-order valence-corrected chi connectivity index (χ2v) is 7.10. The SMILES string of the molecule is Cc1ccc2c(c1)C(=O)C(=O)N2CN1CCN(Cc2ccccc2)CC1. The van der Waals surface area contributed by atoms with Crippen molar-refractivity contribution in [1.82, 2.24) is 9.80 Å². The van der Waals surface area contributed by atoms with Gasteiger partial charge < -0.3 is 0 Å². The molecule has 134 valence electrons. The summed E-state index contributed by atoms with van der Waals surface area (Å²) in [6.45, 7) is 7.10. The van der Waals surface area contributed by atoms with E-state index in [0.717, 1.165) is 44.0 Å². The zero-order valence-electron chi connectivity index (χ0n) is 15.0. The number of nitrogens with zero attached hydrogens (tertiary/aromatic N) is 3. The molecule has 0 bridgehead atoms. The van der Waals surface area contributed by atoms with E-state index in [4.69, 9.17) is 0 Å². The van der Waals surface area contributed by atoms with Gasteiger partial charge in [0.15, 0.2) is 0 Å². The van der Waals surface area contributed by atoms with Gasteiger partial charge in [0.1, 0.15) is 0 Å². The highest BCUT2D eigenvalue weighted by molar-refractivity contribution is 6.52. The van der Waals surface area contributed by atoms with Crippen LogP contribution in [0.25, 0.3) is 0 Å². The molecule has 2 aromatic carbocycles. The molecule has 2 aromatic rings. The van der Waals surface area contributed by atoms with Gasteiger partial charge in [0.25, 0.3) is 5.78 Å². The van der Waals surface area contributed by atoms with Gasteiger partial charge in [-0.05, 0) is 24.6 Å². The lowest BCUT2D eigenvalue weighted by Gasteiger charge is -2.36. The highest BCUT2D eigenvalue weighted by Gasteiger charge is 2.36. The molecule has 0 aliphatic carbocycles. The zero-order valence-corrected chi connectivity index (χ0v) is 15.0. The Morgan fingerprint density at radius 3 is 2.31 bits per heavy atom. The molecule has 2 aliphatic rings. The van der Waals surface area contributed by atoms with Crippen LogP contribution < -0.4 is 4.90 Å². The summed E-state index contributed by atoms with van der Waals surface area (Å²) in [5.41, 5.74) is 3.61.